The van der Waals surface area contributed by atoms with E-state index >= 15 is 0 Å². The van der Waals surface area contributed by atoms with Gasteiger partial charge < -0.3 is 19.2 Å². The molecule has 0 saturated heterocycles. The molecule has 1 atom stereocenters. The van der Waals surface area contributed by atoms with Crippen molar-refractivity contribution in [3.05, 3.63) is 112 Å². The Kier molecular flexibility index (Phi) is 6.45. The maximum absolute atomic E-state index is 12.8. The molecule has 2 amide bonds. The summed E-state index contributed by atoms with van der Waals surface area (Å²) in [5, 5.41) is 3.80. The van der Waals surface area contributed by atoms with E-state index in [0.29, 0.717) is 29.4 Å². The lowest BCUT2D eigenvalue weighted by Crippen LogP contribution is -2.46. The Balaban J connectivity index is 1.48. The largest absolute Gasteiger partial charge is 0.494 e. The van der Waals surface area contributed by atoms with Gasteiger partial charge in [0.15, 0.2) is 0 Å². The number of nitrogens with one attached hydrogen (secondary N) is 1. The van der Waals surface area contributed by atoms with Gasteiger partial charge in [-0.3, -0.25) is 4.90 Å². The Morgan fingerprint density at radius 3 is 2.36 bits per heavy atom. The van der Waals surface area contributed by atoms with Gasteiger partial charge in [-0.25, -0.2) is 9.59 Å². The third-order valence-electron chi connectivity index (χ3n) is 6.13. The number of fused-ring (bicyclic) bond motifs is 1. The van der Waals surface area contributed by atoms with E-state index in [1.165, 1.54) is 11.0 Å². The minimum atomic E-state index is -0.436. The SMILES string of the molecule is CCOC1=C(COc2ccc3c(-c4ccccc4)cc(=O)oc3c2)N(C)C(=O)N[C@H]1c1ccccc1. The van der Waals surface area contributed by atoms with Crippen molar-refractivity contribution < 1.29 is 18.7 Å². The number of nitrogens with zero attached hydrogens (tertiary/aromatic N) is 1. The molecule has 0 saturated carbocycles. The van der Waals surface area contributed by atoms with E-state index in [1.807, 2.05) is 79.7 Å². The summed E-state index contributed by atoms with van der Waals surface area (Å²) in [5.74, 6) is 1.14. The molecular formula is C29H26N2O5. The fourth-order valence-electron chi connectivity index (χ4n) is 4.35. The van der Waals surface area contributed by atoms with Gasteiger partial charge in [0.2, 0.25) is 0 Å². The number of likely N-dealkylation sites (N-methyl/N-ethyl adjacent to an activating group) is 1. The summed E-state index contributed by atoms with van der Waals surface area (Å²) in [5.41, 5.74) is 3.25. The molecule has 0 unspecified atom stereocenters. The molecule has 2 heterocycles. The molecule has 0 aliphatic carbocycles. The Bertz CT molecular complexity index is 1480. The number of rotatable bonds is 7. The van der Waals surface area contributed by atoms with Crippen LogP contribution in [0.2, 0.25) is 0 Å². The number of hydrogen-bond donors (Lipinski definition) is 1. The minimum absolute atomic E-state index is 0.0940. The third-order valence-corrected chi connectivity index (χ3v) is 6.13. The maximum atomic E-state index is 12.8. The summed E-state index contributed by atoms with van der Waals surface area (Å²) in [4.78, 5) is 26.5. The lowest BCUT2D eigenvalue weighted by molar-refractivity contribution is 0.149. The van der Waals surface area contributed by atoms with Crippen LogP contribution in [-0.4, -0.2) is 31.2 Å². The highest BCUT2D eigenvalue weighted by atomic mass is 16.5. The van der Waals surface area contributed by atoms with Crippen LogP contribution in [0.1, 0.15) is 18.5 Å². The molecule has 0 spiro atoms. The fourth-order valence-corrected chi connectivity index (χ4v) is 4.35. The monoisotopic (exact) mass is 482 g/mol. The second kappa shape index (κ2) is 10.00. The van der Waals surface area contributed by atoms with E-state index in [0.717, 1.165) is 22.1 Å². The number of hydrogen-bond acceptors (Lipinski definition) is 5. The van der Waals surface area contributed by atoms with Gasteiger partial charge in [-0.05, 0) is 35.7 Å². The average molecular weight is 483 g/mol. The van der Waals surface area contributed by atoms with Gasteiger partial charge in [0.1, 0.15) is 35.4 Å². The zero-order chi connectivity index (χ0) is 25.1. The van der Waals surface area contributed by atoms with Gasteiger partial charge in [-0.1, -0.05) is 60.7 Å². The highest BCUT2D eigenvalue weighted by Gasteiger charge is 2.33. The zero-order valence-corrected chi connectivity index (χ0v) is 20.1. The molecule has 1 aliphatic heterocycles. The van der Waals surface area contributed by atoms with E-state index in [1.54, 1.807) is 13.1 Å². The number of ether oxygens (including phenoxy) is 2. The first kappa shape index (κ1) is 23.2. The van der Waals surface area contributed by atoms with Crippen LogP contribution in [0.15, 0.2) is 106 Å². The van der Waals surface area contributed by atoms with Crippen LogP contribution in [0.4, 0.5) is 4.79 Å². The van der Waals surface area contributed by atoms with Crippen molar-refractivity contribution in [1.82, 2.24) is 10.2 Å². The average Bonchev–Trinajstić information content (AvgIpc) is 2.90. The topological polar surface area (TPSA) is 81.0 Å². The molecule has 0 fully saturated rings. The van der Waals surface area contributed by atoms with Gasteiger partial charge in [-0.15, -0.1) is 0 Å². The molecule has 36 heavy (non-hydrogen) atoms. The van der Waals surface area contributed by atoms with Gasteiger partial charge in [0.05, 0.1) is 6.61 Å². The predicted molar refractivity (Wildman–Crippen MR) is 138 cm³/mol. The summed E-state index contributed by atoms with van der Waals surface area (Å²) < 4.78 is 17.6. The van der Waals surface area contributed by atoms with E-state index < -0.39 is 11.7 Å². The summed E-state index contributed by atoms with van der Waals surface area (Å²) >= 11 is 0. The number of carbonyl (C=O) groups is 1. The molecule has 0 radical (unpaired) electrons. The molecule has 4 aromatic rings. The van der Waals surface area contributed by atoms with Crippen molar-refractivity contribution >= 4 is 17.0 Å². The van der Waals surface area contributed by atoms with Crippen molar-refractivity contribution in [2.45, 2.75) is 13.0 Å². The normalized spacial score (nSPS) is 15.7. The second-order valence-corrected chi connectivity index (χ2v) is 8.39. The molecule has 1 aromatic heterocycles. The lowest BCUT2D eigenvalue weighted by Gasteiger charge is -2.34. The van der Waals surface area contributed by atoms with E-state index in [9.17, 15) is 9.59 Å². The van der Waals surface area contributed by atoms with E-state index in [-0.39, 0.29) is 12.6 Å². The first-order valence-electron chi connectivity index (χ1n) is 11.8. The smallest absolute Gasteiger partial charge is 0.336 e. The zero-order valence-electron chi connectivity index (χ0n) is 20.1. The van der Waals surface area contributed by atoms with Crippen molar-refractivity contribution in [3.63, 3.8) is 0 Å². The Morgan fingerprint density at radius 2 is 1.64 bits per heavy atom. The van der Waals surface area contributed by atoms with Crippen LogP contribution in [0.25, 0.3) is 22.1 Å². The summed E-state index contributed by atoms with van der Waals surface area (Å²) in [6.45, 7) is 2.44. The second-order valence-electron chi connectivity index (χ2n) is 8.39. The molecule has 5 rings (SSSR count). The number of urea groups is 1. The standard InChI is InChI=1S/C29H26N2O5/c1-3-34-28-24(31(2)29(33)30-27(28)20-12-8-5-9-13-20)18-35-21-14-15-22-23(19-10-6-4-7-11-19)17-26(32)36-25(22)16-21/h4-17,27H,3,18H2,1-2H3,(H,30,33)/t27-/m0/s1. The van der Waals surface area contributed by atoms with Crippen molar-refractivity contribution in [2.75, 3.05) is 20.3 Å². The first-order chi connectivity index (χ1) is 17.5. The third kappa shape index (κ3) is 4.55. The fraction of sp³-hybridized carbons (Fsp3) is 0.172. The molecule has 7 heteroatoms. The number of amides is 2. The van der Waals surface area contributed by atoms with Crippen LogP contribution in [0, 0.1) is 0 Å². The lowest BCUT2D eigenvalue weighted by atomic mass is 10.0. The van der Waals surface area contributed by atoms with Crippen molar-refractivity contribution in [2.24, 2.45) is 0 Å². The molecule has 0 bridgehead atoms. The predicted octanol–water partition coefficient (Wildman–Crippen LogP) is 5.48. The number of benzene rings is 3. The maximum Gasteiger partial charge on any atom is 0.336 e. The van der Waals surface area contributed by atoms with Crippen LogP contribution < -0.4 is 15.7 Å². The van der Waals surface area contributed by atoms with E-state index in [4.69, 9.17) is 13.9 Å². The van der Waals surface area contributed by atoms with Crippen LogP contribution in [0.5, 0.6) is 5.75 Å². The van der Waals surface area contributed by atoms with Gasteiger partial charge in [-0.2, -0.15) is 0 Å². The molecule has 3 aromatic carbocycles. The highest BCUT2D eigenvalue weighted by molar-refractivity contribution is 5.93. The van der Waals surface area contributed by atoms with Gasteiger partial charge in [0.25, 0.3) is 0 Å². The van der Waals surface area contributed by atoms with Crippen LogP contribution in [0.3, 0.4) is 0 Å². The molecular weight excluding hydrogens is 456 g/mol. The van der Waals surface area contributed by atoms with Gasteiger partial charge >= 0.3 is 11.7 Å². The minimum Gasteiger partial charge on any atom is -0.494 e. The Hall–Kier alpha value is -4.52. The summed E-state index contributed by atoms with van der Waals surface area (Å²) in [6, 6.07) is 25.6. The molecule has 1 aliphatic rings. The Morgan fingerprint density at radius 1 is 0.917 bits per heavy atom. The molecule has 1 N–H and O–H groups in total. The Labute approximate surface area is 208 Å². The van der Waals surface area contributed by atoms with Crippen molar-refractivity contribution in [3.8, 4) is 16.9 Å². The molecule has 7 nitrogen and oxygen atoms in total. The van der Waals surface area contributed by atoms with Crippen LogP contribution >= 0.6 is 0 Å². The summed E-state index contributed by atoms with van der Waals surface area (Å²) in [6.07, 6.45) is 0. The number of carbonyl (C=O) groups excluding carboxylic acids is 1. The quantitative estimate of drug-likeness (QED) is 0.353. The van der Waals surface area contributed by atoms with Crippen LogP contribution in [-0.2, 0) is 4.74 Å². The van der Waals surface area contributed by atoms with Gasteiger partial charge in [0, 0.05) is 24.6 Å². The molecule has 182 valence electrons. The first-order valence-corrected chi connectivity index (χ1v) is 11.8. The summed E-state index contributed by atoms with van der Waals surface area (Å²) in [7, 11) is 1.68. The van der Waals surface area contributed by atoms with E-state index in [2.05, 4.69) is 5.32 Å². The highest BCUT2D eigenvalue weighted by Crippen LogP contribution is 2.32. The van der Waals surface area contributed by atoms with Crippen molar-refractivity contribution in [1.29, 1.82) is 0 Å².